The maximum absolute atomic E-state index is 12.1. The van der Waals surface area contributed by atoms with Crippen molar-refractivity contribution in [3.05, 3.63) is 48.6 Å². The van der Waals surface area contributed by atoms with E-state index in [4.69, 9.17) is 13.9 Å². The summed E-state index contributed by atoms with van der Waals surface area (Å²) < 4.78 is 18.1. The van der Waals surface area contributed by atoms with E-state index in [9.17, 15) is 9.59 Å². The van der Waals surface area contributed by atoms with E-state index in [1.807, 2.05) is 18.2 Å². The van der Waals surface area contributed by atoms with Crippen LogP contribution in [-0.2, 0) is 23.5 Å². The van der Waals surface area contributed by atoms with Crippen LogP contribution in [0.15, 0.2) is 48.6 Å². The molecule has 2 rings (SSSR count). The number of esters is 1. The van der Waals surface area contributed by atoms with E-state index in [2.05, 4.69) is 46.5 Å². The first kappa shape index (κ1) is 27.5. The predicted octanol–water partition coefficient (Wildman–Crippen LogP) is 6.22. The van der Waals surface area contributed by atoms with Gasteiger partial charge in [0.25, 0.3) is 0 Å². The van der Waals surface area contributed by atoms with Crippen LogP contribution >= 0.6 is 0 Å². The quantitative estimate of drug-likeness (QED) is 0.210. The van der Waals surface area contributed by atoms with Crippen molar-refractivity contribution in [3.63, 3.8) is 0 Å². The van der Waals surface area contributed by atoms with Crippen LogP contribution in [0.5, 0.6) is 0 Å². The number of ether oxygens (including phenoxy) is 2. The number of rotatable bonds is 3. The molecule has 5 nitrogen and oxygen atoms in total. The third kappa shape index (κ3) is 9.55. The van der Waals surface area contributed by atoms with Crippen molar-refractivity contribution in [2.45, 2.75) is 108 Å². The molecule has 33 heavy (non-hydrogen) atoms. The highest BCUT2D eigenvalue weighted by Gasteiger charge is 2.38. The first-order valence-corrected chi connectivity index (χ1v) is 15.1. The first-order chi connectivity index (χ1) is 15.5. The molecule has 1 unspecified atom stereocenters. The van der Waals surface area contributed by atoms with Crippen molar-refractivity contribution >= 4 is 20.6 Å². The molecule has 0 amide bonds. The molecule has 0 radical (unpaired) electrons. The minimum absolute atomic E-state index is 0.0398. The summed E-state index contributed by atoms with van der Waals surface area (Å²) in [4.78, 5) is 23.6. The molecule has 2 aliphatic heterocycles. The Kier molecular flexibility index (Phi) is 10.5. The predicted molar refractivity (Wildman–Crippen MR) is 136 cm³/mol. The zero-order valence-corrected chi connectivity index (χ0v) is 22.0. The average molecular weight is 475 g/mol. The summed E-state index contributed by atoms with van der Waals surface area (Å²) in [6.07, 6.45) is 16.7. The Morgan fingerprint density at radius 2 is 1.85 bits per heavy atom. The van der Waals surface area contributed by atoms with Crippen molar-refractivity contribution in [1.29, 1.82) is 0 Å². The molecule has 0 aromatic rings. The van der Waals surface area contributed by atoms with E-state index < -0.39 is 20.4 Å². The smallest absolute Gasteiger partial charge is 0.331 e. The molecule has 4 atom stereocenters. The van der Waals surface area contributed by atoms with Crippen LogP contribution in [-0.4, -0.2) is 45.0 Å². The van der Waals surface area contributed by atoms with E-state index in [-0.39, 0.29) is 23.4 Å². The third-order valence-corrected chi connectivity index (χ3v) is 11.2. The highest BCUT2D eigenvalue weighted by molar-refractivity contribution is 6.74. The van der Waals surface area contributed by atoms with Crippen LogP contribution in [0.1, 0.15) is 65.7 Å². The van der Waals surface area contributed by atoms with Crippen LogP contribution in [0, 0.1) is 0 Å². The van der Waals surface area contributed by atoms with Gasteiger partial charge in [0.05, 0.1) is 18.3 Å². The molecule has 184 valence electrons. The molecule has 0 fully saturated rings. The molecule has 2 heterocycles. The van der Waals surface area contributed by atoms with Crippen molar-refractivity contribution in [2.75, 3.05) is 0 Å². The number of carbonyl (C=O) groups excluding carboxylic acids is 2. The van der Waals surface area contributed by atoms with Crippen LogP contribution in [0.2, 0.25) is 18.1 Å². The zero-order valence-electron chi connectivity index (χ0n) is 21.0. The molecule has 0 aromatic heterocycles. The number of aldehydes is 1. The van der Waals surface area contributed by atoms with Crippen molar-refractivity contribution in [1.82, 2.24) is 0 Å². The lowest BCUT2D eigenvalue weighted by atomic mass is 9.99. The topological polar surface area (TPSA) is 61.8 Å². The monoisotopic (exact) mass is 474 g/mol. The fraction of sp³-hybridized carbons (Fsp3) is 0.630. The summed E-state index contributed by atoms with van der Waals surface area (Å²) in [5, 5.41) is 0.0871. The summed E-state index contributed by atoms with van der Waals surface area (Å²) in [6, 6.07) is 0. The Balaban J connectivity index is 2.17. The van der Waals surface area contributed by atoms with E-state index >= 15 is 0 Å². The number of hydrogen-bond donors (Lipinski definition) is 0. The molecule has 6 heteroatoms. The SMILES string of the molecule is C=C1CCC[C@@H]2CC=C[C@@H](C/C=C\C(=O)O[C@H](C=O)C/C=C/C(O[Si](C)(C)C(C)(C)C)C1)O2. The van der Waals surface area contributed by atoms with Gasteiger partial charge in [0.15, 0.2) is 20.7 Å². The van der Waals surface area contributed by atoms with E-state index in [1.165, 1.54) is 6.08 Å². The Morgan fingerprint density at radius 1 is 1.12 bits per heavy atom. The highest BCUT2D eigenvalue weighted by Crippen LogP contribution is 2.38. The molecule has 0 saturated heterocycles. The lowest BCUT2D eigenvalue weighted by molar-refractivity contribution is -0.146. The molecule has 0 spiro atoms. The Labute approximate surface area is 201 Å². The Morgan fingerprint density at radius 3 is 2.55 bits per heavy atom. The lowest BCUT2D eigenvalue weighted by Gasteiger charge is -2.39. The molecular formula is C27H42O5Si. The van der Waals surface area contributed by atoms with Gasteiger partial charge < -0.3 is 13.9 Å². The van der Waals surface area contributed by atoms with Gasteiger partial charge in [-0.25, -0.2) is 4.79 Å². The standard InChI is InChI=1S/C27H42O5Si/c1-21-11-7-12-22-13-8-14-23(30-22)15-10-18-26(29)31-25(20-28)17-9-16-24(19-21)32-33(5,6)27(2,3)4/h8-10,14,16,18,20,22-25H,1,7,11-13,15,17,19H2,2-6H3/b16-9+,18-10-/t22-,23+,24?,25+/m1/s1. The maximum Gasteiger partial charge on any atom is 0.331 e. The normalized spacial score (nSPS) is 30.6. The summed E-state index contributed by atoms with van der Waals surface area (Å²) in [7, 11) is -1.99. The molecule has 2 bridgehead atoms. The minimum atomic E-state index is -1.99. The number of carbonyl (C=O) groups is 2. The molecular weight excluding hydrogens is 432 g/mol. The fourth-order valence-corrected chi connectivity index (χ4v) is 4.98. The fourth-order valence-electron chi connectivity index (χ4n) is 3.70. The van der Waals surface area contributed by atoms with Crippen LogP contribution < -0.4 is 0 Å². The second-order valence-corrected chi connectivity index (χ2v) is 15.4. The van der Waals surface area contributed by atoms with Gasteiger partial charge in [-0.3, -0.25) is 4.79 Å². The number of fused-ring (bicyclic) bond motifs is 2. The van der Waals surface area contributed by atoms with Gasteiger partial charge in [0.2, 0.25) is 0 Å². The van der Waals surface area contributed by atoms with Gasteiger partial charge in [-0.05, 0) is 56.7 Å². The van der Waals surface area contributed by atoms with Crippen LogP contribution in [0.25, 0.3) is 0 Å². The summed E-state index contributed by atoms with van der Waals surface area (Å²) >= 11 is 0. The minimum Gasteiger partial charge on any atom is -0.451 e. The number of hydrogen-bond acceptors (Lipinski definition) is 5. The summed E-state index contributed by atoms with van der Waals surface area (Å²) in [6.45, 7) is 15.5. The highest BCUT2D eigenvalue weighted by atomic mass is 28.4. The van der Waals surface area contributed by atoms with Crippen LogP contribution in [0.3, 0.4) is 0 Å². The Bertz CT molecular complexity index is 759. The largest absolute Gasteiger partial charge is 0.451 e. The second kappa shape index (κ2) is 12.6. The van der Waals surface area contributed by atoms with Gasteiger partial charge in [0, 0.05) is 12.5 Å². The molecule has 2 aliphatic rings. The Hall–Kier alpha value is -1.76. The van der Waals surface area contributed by atoms with Crippen molar-refractivity contribution < 1.29 is 23.5 Å². The van der Waals surface area contributed by atoms with Gasteiger partial charge in [-0.15, -0.1) is 0 Å². The van der Waals surface area contributed by atoms with Gasteiger partial charge in [-0.2, -0.15) is 0 Å². The summed E-state index contributed by atoms with van der Waals surface area (Å²) in [5.41, 5.74) is 1.16. The van der Waals surface area contributed by atoms with Crippen molar-refractivity contribution in [3.8, 4) is 0 Å². The zero-order chi connectivity index (χ0) is 24.5. The van der Waals surface area contributed by atoms with Gasteiger partial charge in [-0.1, -0.05) is 63.3 Å². The molecule has 0 aliphatic carbocycles. The second-order valence-electron chi connectivity index (χ2n) is 10.6. The van der Waals surface area contributed by atoms with E-state index in [0.717, 1.165) is 37.7 Å². The van der Waals surface area contributed by atoms with E-state index in [0.29, 0.717) is 19.1 Å². The van der Waals surface area contributed by atoms with Crippen molar-refractivity contribution in [2.24, 2.45) is 0 Å². The lowest BCUT2D eigenvalue weighted by Crippen LogP contribution is -2.43. The summed E-state index contributed by atoms with van der Waals surface area (Å²) in [5.74, 6) is -0.514. The van der Waals surface area contributed by atoms with E-state index in [1.54, 1.807) is 6.08 Å². The van der Waals surface area contributed by atoms with Gasteiger partial charge >= 0.3 is 5.97 Å². The maximum atomic E-state index is 12.1. The van der Waals surface area contributed by atoms with Crippen LogP contribution in [0.4, 0.5) is 0 Å². The average Bonchev–Trinajstić information content (AvgIpc) is 2.71. The molecule has 0 aromatic carbocycles. The third-order valence-electron chi connectivity index (χ3n) is 6.68. The van der Waals surface area contributed by atoms with Gasteiger partial charge in [0.1, 0.15) is 0 Å². The number of cyclic esters (lactones) is 1. The first-order valence-electron chi connectivity index (χ1n) is 12.2. The molecule has 0 N–H and O–H groups in total. The molecule has 0 saturated carbocycles.